The number of nitrogens with zero attached hydrogens (tertiary/aromatic N) is 3. The van der Waals surface area contributed by atoms with Gasteiger partial charge in [0, 0.05) is 46.9 Å². The third kappa shape index (κ3) is 5.49. The lowest BCUT2D eigenvalue weighted by Gasteiger charge is -2.18. The predicted molar refractivity (Wildman–Crippen MR) is 154 cm³/mol. The lowest BCUT2D eigenvalue weighted by atomic mass is 9.98. The molecule has 1 atom stereocenters. The molecule has 1 aliphatic rings. The van der Waals surface area contributed by atoms with Crippen LogP contribution in [0, 0.1) is 0 Å². The maximum absolute atomic E-state index is 13.3. The highest BCUT2D eigenvalue weighted by atomic mass is 35.5. The number of amides is 1. The first-order valence-electron chi connectivity index (χ1n) is 12.7. The first kappa shape index (κ1) is 24.7. The fourth-order valence-electron chi connectivity index (χ4n) is 4.71. The van der Waals surface area contributed by atoms with Crippen molar-refractivity contribution in [3.05, 3.63) is 107 Å². The summed E-state index contributed by atoms with van der Waals surface area (Å²) in [7, 11) is 0. The van der Waals surface area contributed by atoms with Gasteiger partial charge in [-0.3, -0.25) is 19.6 Å². The van der Waals surface area contributed by atoms with Crippen molar-refractivity contribution >= 4 is 50.8 Å². The molecule has 192 valence electrons. The molecule has 2 aromatic heterocycles. The Balaban J connectivity index is 1.24. The van der Waals surface area contributed by atoms with Crippen molar-refractivity contribution in [1.82, 2.24) is 20.3 Å². The average Bonchev–Trinajstić information content (AvgIpc) is 3.62. The van der Waals surface area contributed by atoms with Gasteiger partial charge < -0.3 is 10.3 Å². The van der Waals surface area contributed by atoms with E-state index < -0.39 is 6.04 Å². The Bertz CT molecular complexity index is 1790. The number of pyridine rings is 1. The summed E-state index contributed by atoms with van der Waals surface area (Å²) >= 11 is 6.16. The van der Waals surface area contributed by atoms with Gasteiger partial charge in [-0.1, -0.05) is 54.1 Å². The number of carbonyl (C=O) groups is 2. The van der Waals surface area contributed by atoms with Crippen molar-refractivity contribution in [2.75, 3.05) is 0 Å². The monoisotopic (exact) mass is 533 g/mol. The van der Waals surface area contributed by atoms with Crippen LogP contribution in [0.1, 0.15) is 28.8 Å². The van der Waals surface area contributed by atoms with Crippen LogP contribution in [0.5, 0.6) is 0 Å². The molecule has 39 heavy (non-hydrogen) atoms. The molecule has 0 unspecified atom stereocenters. The van der Waals surface area contributed by atoms with E-state index in [1.165, 1.54) is 0 Å². The van der Waals surface area contributed by atoms with E-state index in [1.54, 1.807) is 30.5 Å². The molecule has 8 heteroatoms. The minimum Gasteiger partial charge on any atom is -0.342 e. The number of rotatable bonds is 8. The third-order valence-electron chi connectivity index (χ3n) is 6.73. The molecule has 0 saturated heterocycles. The Morgan fingerprint density at radius 3 is 2.69 bits per heavy atom. The average molecular weight is 534 g/mol. The van der Waals surface area contributed by atoms with Crippen molar-refractivity contribution in [1.29, 1.82) is 0 Å². The number of H-pyrrole nitrogens is 1. The topological polar surface area (TPSA) is 100 Å². The van der Waals surface area contributed by atoms with E-state index >= 15 is 0 Å². The number of halogens is 1. The summed E-state index contributed by atoms with van der Waals surface area (Å²) in [4.78, 5) is 43.3. The summed E-state index contributed by atoms with van der Waals surface area (Å²) in [6, 6.07) is 21.8. The number of aliphatic imine (C=N–C) groups is 1. The van der Waals surface area contributed by atoms with Gasteiger partial charge in [-0.05, 0) is 53.8 Å². The molecule has 6 rings (SSSR count). The van der Waals surface area contributed by atoms with Crippen LogP contribution in [0.15, 0.2) is 96.3 Å². The van der Waals surface area contributed by atoms with Crippen molar-refractivity contribution < 1.29 is 9.59 Å². The fraction of sp³-hybridized carbons (Fsp3) is 0.129. The molecule has 2 N–H and O–H groups in total. The number of aromatic amines is 1. The number of imidazole rings is 1. The molecule has 0 radical (unpaired) electrons. The van der Waals surface area contributed by atoms with Gasteiger partial charge in [0.15, 0.2) is 11.6 Å². The predicted octanol–water partition coefficient (Wildman–Crippen LogP) is 6.09. The zero-order valence-electron chi connectivity index (χ0n) is 20.9. The quantitative estimate of drug-likeness (QED) is 0.252. The summed E-state index contributed by atoms with van der Waals surface area (Å²) in [5.41, 5.74) is 4.22. The van der Waals surface area contributed by atoms with Crippen molar-refractivity contribution in [3.63, 3.8) is 0 Å². The highest BCUT2D eigenvalue weighted by Crippen LogP contribution is 2.23. The number of hydrogen-bond donors (Lipinski definition) is 2. The number of benzene rings is 3. The van der Waals surface area contributed by atoms with Crippen molar-refractivity contribution in [2.45, 2.75) is 25.3 Å². The zero-order chi connectivity index (χ0) is 26.8. The maximum Gasteiger partial charge on any atom is 0.251 e. The molecule has 0 spiro atoms. The van der Waals surface area contributed by atoms with Crippen LogP contribution in [-0.2, 0) is 11.2 Å². The number of carbonyl (C=O) groups excluding carboxylic acids is 2. The summed E-state index contributed by atoms with van der Waals surface area (Å²) < 4.78 is 0. The Hall–Kier alpha value is -4.62. The van der Waals surface area contributed by atoms with Gasteiger partial charge in [-0.25, -0.2) is 4.98 Å². The molecule has 7 nitrogen and oxygen atoms in total. The Morgan fingerprint density at radius 2 is 1.87 bits per heavy atom. The van der Waals surface area contributed by atoms with Crippen LogP contribution >= 0.6 is 11.6 Å². The zero-order valence-corrected chi connectivity index (χ0v) is 21.7. The number of aromatic nitrogens is 3. The molecule has 1 amide bonds. The Morgan fingerprint density at radius 1 is 1.00 bits per heavy atom. The minimum absolute atomic E-state index is 0.0990. The maximum atomic E-state index is 13.3. The second-order valence-corrected chi connectivity index (χ2v) is 9.96. The summed E-state index contributed by atoms with van der Waals surface area (Å²) in [5.74, 6) is 0.176. The largest absolute Gasteiger partial charge is 0.342 e. The van der Waals surface area contributed by atoms with Crippen LogP contribution in [0.25, 0.3) is 33.3 Å². The SMILES string of the molecule is O=C(N[C@@H](Cc1cccc(Cl)c1)C(=O)CC1=NC=CC1)c1ccc2nc(-c3cc4ccccc4cn3)[nH]c2c1. The summed E-state index contributed by atoms with van der Waals surface area (Å²) in [5, 5.41) is 5.64. The Kier molecular flexibility index (Phi) is 6.73. The van der Waals surface area contributed by atoms with E-state index in [-0.39, 0.29) is 18.1 Å². The normalized spacial score (nSPS) is 13.5. The van der Waals surface area contributed by atoms with Crippen LogP contribution in [0.2, 0.25) is 5.02 Å². The fourth-order valence-corrected chi connectivity index (χ4v) is 4.93. The van der Waals surface area contributed by atoms with Gasteiger partial charge >= 0.3 is 0 Å². The van der Waals surface area contributed by atoms with Crippen LogP contribution < -0.4 is 5.32 Å². The van der Waals surface area contributed by atoms with Crippen molar-refractivity contribution in [3.8, 4) is 11.5 Å². The second kappa shape index (κ2) is 10.6. The van der Waals surface area contributed by atoms with E-state index in [4.69, 9.17) is 11.6 Å². The van der Waals surface area contributed by atoms with Crippen molar-refractivity contribution in [2.24, 2.45) is 4.99 Å². The van der Waals surface area contributed by atoms with E-state index in [1.807, 2.05) is 60.8 Å². The molecule has 0 bridgehead atoms. The molecule has 0 saturated carbocycles. The molecule has 5 aromatic rings. The number of ketones is 1. The van der Waals surface area contributed by atoms with Crippen LogP contribution in [-0.4, -0.2) is 38.4 Å². The Labute approximate surface area is 229 Å². The molecular weight excluding hydrogens is 510 g/mol. The number of nitrogens with one attached hydrogen (secondary N) is 2. The molecule has 0 aliphatic carbocycles. The van der Waals surface area contributed by atoms with E-state index in [9.17, 15) is 9.59 Å². The number of Topliss-reactive ketones (excluding diaryl/α,β-unsaturated/α-hetero) is 1. The number of allylic oxidation sites excluding steroid dienone is 1. The van der Waals surface area contributed by atoms with E-state index in [0.29, 0.717) is 40.5 Å². The molecular formula is C31H24ClN5O2. The van der Waals surface area contributed by atoms with Crippen LogP contribution in [0.3, 0.4) is 0 Å². The molecule has 3 heterocycles. The summed E-state index contributed by atoms with van der Waals surface area (Å²) in [6.45, 7) is 0. The minimum atomic E-state index is -0.728. The molecule has 0 fully saturated rings. The highest BCUT2D eigenvalue weighted by Gasteiger charge is 2.24. The number of hydrogen-bond acceptors (Lipinski definition) is 5. The van der Waals surface area contributed by atoms with Crippen LogP contribution in [0.4, 0.5) is 0 Å². The van der Waals surface area contributed by atoms with Gasteiger partial charge in [-0.2, -0.15) is 0 Å². The van der Waals surface area contributed by atoms with E-state index in [0.717, 1.165) is 27.6 Å². The van der Waals surface area contributed by atoms with Gasteiger partial charge in [0.05, 0.1) is 17.1 Å². The molecule has 1 aliphatic heterocycles. The second-order valence-electron chi connectivity index (χ2n) is 9.52. The lowest BCUT2D eigenvalue weighted by molar-refractivity contribution is -0.119. The summed E-state index contributed by atoms with van der Waals surface area (Å²) in [6.07, 6.45) is 6.59. The van der Waals surface area contributed by atoms with Gasteiger partial charge in [0.1, 0.15) is 5.69 Å². The third-order valence-corrected chi connectivity index (χ3v) is 6.97. The highest BCUT2D eigenvalue weighted by molar-refractivity contribution is 6.30. The lowest BCUT2D eigenvalue weighted by Crippen LogP contribution is -2.43. The standard InChI is InChI=1S/C31H24ClN5O2/c32-23-8-3-5-19(13-23)14-27(29(38)17-24-9-4-12-33-24)37-31(39)21-10-11-25-26(16-21)36-30(35-25)28-15-20-6-1-2-7-22(20)18-34-28/h1-8,10-13,15-16,18,27H,9,14,17H2,(H,35,36)(H,37,39)/t27-/m0/s1. The smallest absolute Gasteiger partial charge is 0.251 e. The van der Waals surface area contributed by atoms with Gasteiger partial charge in [-0.15, -0.1) is 0 Å². The molecule has 3 aromatic carbocycles. The first-order chi connectivity index (χ1) is 19.0. The van der Waals surface area contributed by atoms with Gasteiger partial charge in [0.2, 0.25) is 0 Å². The first-order valence-corrected chi connectivity index (χ1v) is 13.0. The van der Waals surface area contributed by atoms with Gasteiger partial charge in [0.25, 0.3) is 5.91 Å². The number of fused-ring (bicyclic) bond motifs is 2. The van der Waals surface area contributed by atoms with E-state index in [2.05, 4.69) is 25.3 Å².